The highest BCUT2D eigenvalue weighted by molar-refractivity contribution is 5.97. The zero-order chi connectivity index (χ0) is 16.4. The number of nitrogens with zero attached hydrogens (tertiary/aromatic N) is 2. The molecule has 1 amide bonds. The first-order chi connectivity index (χ1) is 11.1. The minimum absolute atomic E-state index is 0.00447. The van der Waals surface area contributed by atoms with E-state index in [-0.39, 0.29) is 18.0 Å². The fourth-order valence-electron chi connectivity index (χ4n) is 2.79. The van der Waals surface area contributed by atoms with Crippen LogP contribution in [-0.2, 0) is 17.6 Å². The van der Waals surface area contributed by atoms with Gasteiger partial charge in [-0.25, -0.2) is 0 Å². The Morgan fingerprint density at radius 2 is 2.13 bits per heavy atom. The molecule has 1 aliphatic rings. The molecule has 3 rings (SSSR count). The summed E-state index contributed by atoms with van der Waals surface area (Å²) in [6, 6.07) is 12.0. The predicted octanol–water partition coefficient (Wildman–Crippen LogP) is 2.74. The van der Waals surface area contributed by atoms with Crippen molar-refractivity contribution in [3.05, 3.63) is 63.7 Å². The summed E-state index contributed by atoms with van der Waals surface area (Å²) in [7, 11) is 1.58. The summed E-state index contributed by atoms with van der Waals surface area (Å²) >= 11 is 0. The highest BCUT2D eigenvalue weighted by Gasteiger charge is 2.26. The number of fused-ring (bicyclic) bond motifs is 1. The molecule has 0 unspecified atom stereocenters. The summed E-state index contributed by atoms with van der Waals surface area (Å²) in [5.41, 5.74) is 2.47. The van der Waals surface area contributed by atoms with Gasteiger partial charge in [0.15, 0.2) is 0 Å². The van der Waals surface area contributed by atoms with Crippen molar-refractivity contribution in [1.82, 2.24) is 0 Å². The van der Waals surface area contributed by atoms with Gasteiger partial charge in [0.1, 0.15) is 5.75 Å². The van der Waals surface area contributed by atoms with E-state index >= 15 is 0 Å². The normalized spacial score (nSPS) is 12.8. The smallest absolute Gasteiger partial charge is 0.271 e. The fraction of sp³-hybridized carbons (Fsp3) is 0.235. The minimum Gasteiger partial charge on any atom is -0.497 e. The van der Waals surface area contributed by atoms with Crippen LogP contribution in [0, 0.1) is 10.1 Å². The van der Waals surface area contributed by atoms with Crippen LogP contribution in [0.4, 0.5) is 11.4 Å². The molecule has 0 aromatic heterocycles. The molecule has 118 valence electrons. The molecule has 1 heterocycles. The number of carbonyl (C=O) groups excluding carboxylic acids is 1. The monoisotopic (exact) mass is 312 g/mol. The first-order valence-electron chi connectivity index (χ1n) is 7.29. The van der Waals surface area contributed by atoms with Crippen LogP contribution in [0.3, 0.4) is 0 Å². The number of rotatable bonds is 4. The molecular weight excluding hydrogens is 296 g/mol. The van der Waals surface area contributed by atoms with Crippen molar-refractivity contribution < 1.29 is 14.5 Å². The highest BCUT2D eigenvalue weighted by Crippen LogP contribution is 2.32. The molecule has 0 spiro atoms. The van der Waals surface area contributed by atoms with E-state index in [9.17, 15) is 14.9 Å². The van der Waals surface area contributed by atoms with E-state index in [0.29, 0.717) is 18.0 Å². The highest BCUT2D eigenvalue weighted by atomic mass is 16.6. The maximum Gasteiger partial charge on any atom is 0.271 e. The van der Waals surface area contributed by atoms with Gasteiger partial charge in [0, 0.05) is 18.7 Å². The van der Waals surface area contributed by atoms with Gasteiger partial charge in [-0.1, -0.05) is 18.2 Å². The number of carbonyl (C=O) groups is 1. The molecule has 2 aromatic rings. The Bertz CT molecular complexity index is 773. The average molecular weight is 312 g/mol. The number of amides is 1. The molecule has 0 radical (unpaired) electrons. The van der Waals surface area contributed by atoms with Gasteiger partial charge < -0.3 is 9.64 Å². The Kier molecular flexibility index (Phi) is 3.97. The average Bonchev–Trinajstić information content (AvgIpc) is 2.98. The van der Waals surface area contributed by atoms with E-state index in [4.69, 9.17) is 4.74 Å². The standard InChI is InChI=1S/C17H16N2O4/c1-23-15-4-2-3-12(9-15)10-17(20)18-8-7-13-5-6-14(19(21)22)11-16(13)18/h2-6,9,11H,7-8,10H2,1H3. The lowest BCUT2D eigenvalue weighted by Gasteiger charge is -2.17. The Hall–Kier alpha value is -2.89. The zero-order valence-electron chi connectivity index (χ0n) is 12.7. The van der Waals surface area contributed by atoms with Gasteiger partial charge >= 0.3 is 0 Å². The Labute approximate surface area is 133 Å². The van der Waals surface area contributed by atoms with Crippen LogP contribution in [0.1, 0.15) is 11.1 Å². The van der Waals surface area contributed by atoms with Crippen LogP contribution in [0.2, 0.25) is 0 Å². The van der Waals surface area contributed by atoms with Crippen LogP contribution < -0.4 is 9.64 Å². The summed E-state index contributed by atoms with van der Waals surface area (Å²) in [6.45, 7) is 0.555. The van der Waals surface area contributed by atoms with E-state index in [1.807, 2.05) is 24.3 Å². The molecule has 0 bridgehead atoms. The van der Waals surface area contributed by atoms with Crippen molar-refractivity contribution in [3.63, 3.8) is 0 Å². The maximum atomic E-state index is 12.6. The predicted molar refractivity (Wildman–Crippen MR) is 85.9 cm³/mol. The maximum absolute atomic E-state index is 12.6. The van der Waals surface area contributed by atoms with Gasteiger partial charge in [0.05, 0.1) is 24.1 Å². The quantitative estimate of drug-likeness (QED) is 0.643. The van der Waals surface area contributed by atoms with Crippen molar-refractivity contribution >= 4 is 17.3 Å². The lowest BCUT2D eigenvalue weighted by atomic mass is 10.1. The molecule has 0 aliphatic carbocycles. The van der Waals surface area contributed by atoms with Crippen molar-refractivity contribution in [3.8, 4) is 5.75 Å². The van der Waals surface area contributed by atoms with Crippen LogP contribution in [0.25, 0.3) is 0 Å². The first kappa shape index (κ1) is 15.0. The number of ether oxygens (including phenoxy) is 1. The molecule has 23 heavy (non-hydrogen) atoms. The van der Waals surface area contributed by atoms with Gasteiger partial charge in [-0.15, -0.1) is 0 Å². The molecule has 0 fully saturated rings. The van der Waals surface area contributed by atoms with Crippen LogP contribution in [0.5, 0.6) is 5.75 Å². The Morgan fingerprint density at radius 1 is 1.30 bits per heavy atom. The lowest BCUT2D eigenvalue weighted by molar-refractivity contribution is -0.384. The van der Waals surface area contributed by atoms with Crippen molar-refractivity contribution in [2.75, 3.05) is 18.6 Å². The number of nitro groups is 1. The summed E-state index contributed by atoms with van der Waals surface area (Å²) < 4.78 is 5.16. The molecule has 2 aromatic carbocycles. The van der Waals surface area contributed by atoms with Gasteiger partial charge in [0.2, 0.25) is 5.91 Å². The SMILES string of the molecule is COc1cccc(CC(=O)N2CCc3ccc([N+](=O)[O-])cc32)c1. The second-order valence-corrected chi connectivity index (χ2v) is 5.39. The number of benzene rings is 2. The number of nitro benzene ring substituents is 1. The molecular formula is C17H16N2O4. The van der Waals surface area contributed by atoms with Crippen molar-refractivity contribution in [2.24, 2.45) is 0 Å². The first-order valence-corrected chi connectivity index (χ1v) is 7.29. The second kappa shape index (κ2) is 6.08. The zero-order valence-corrected chi connectivity index (χ0v) is 12.7. The molecule has 1 aliphatic heterocycles. The number of non-ortho nitro benzene ring substituents is 1. The van der Waals surface area contributed by atoms with E-state index < -0.39 is 4.92 Å². The van der Waals surface area contributed by atoms with E-state index in [2.05, 4.69) is 0 Å². The van der Waals surface area contributed by atoms with Crippen molar-refractivity contribution in [2.45, 2.75) is 12.8 Å². The largest absolute Gasteiger partial charge is 0.497 e. The van der Waals surface area contributed by atoms with E-state index in [0.717, 1.165) is 17.5 Å². The van der Waals surface area contributed by atoms with Crippen molar-refractivity contribution in [1.29, 1.82) is 0 Å². The third-order valence-corrected chi connectivity index (χ3v) is 3.97. The van der Waals surface area contributed by atoms with Crippen LogP contribution >= 0.6 is 0 Å². The van der Waals surface area contributed by atoms with E-state index in [1.165, 1.54) is 12.1 Å². The Morgan fingerprint density at radius 3 is 2.87 bits per heavy atom. The summed E-state index contributed by atoms with van der Waals surface area (Å²) in [5.74, 6) is 0.630. The van der Waals surface area contributed by atoms with E-state index in [1.54, 1.807) is 18.1 Å². The molecule has 6 heteroatoms. The molecule has 6 nitrogen and oxygen atoms in total. The molecule has 0 saturated carbocycles. The number of methoxy groups -OCH3 is 1. The number of anilines is 1. The summed E-state index contributed by atoms with van der Waals surface area (Å²) in [6.07, 6.45) is 0.955. The van der Waals surface area contributed by atoms with Gasteiger partial charge in [-0.2, -0.15) is 0 Å². The topological polar surface area (TPSA) is 72.7 Å². The fourth-order valence-corrected chi connectivity index (χ4v) is 2.79. The number of hydrogen-bond acceptors (Lipinski definition) is 4. The number of hydrogen-bond donors (Lipinski definition) is 0. The molecule has 0 atom stereocenters. The van der Waals surface area contributed by atoms with Gasteiger partial charge in [-0.05, 0) is 29.7 Å². The van der Waals surface area contributed by atoms with Crippen LogP contribution in [-0.4, -0.2) is 24.5 Å². The van der Waals surface area contributed by atoms with Crippen LogP contribution in [0.15, 0.2) is 42.5 Å². The lowest BCUT2D eigenvalue weighted by Crippen LogP contribution is -2.30. The third-order valence-electron chi connectivity index (χ3n) is 3.97. The minimum atomic E-state index is -0.441. The molecule has 0 saturated heterocycles. The Balaban J connectivity index is 1.82. The summed E-state index contributed by atoms with van der Waals surface area (Å²) in [4.78, 5) is 24.7. The molecule has 0 N–H and O–H groups in total. The summed E-state index contributed by atoms with van der Waals surface area (Å²) in [5, 5.41) is 10.9. The van der Waals surface area contributed by atoms with Gasteiger partial charge in [-0.3, -0.25) is 14.9 Å². The third kappa shape index (κ3) is 3.01. The second-order valence-electron chi connectivity index (χ2n) is 5.39. The van der Waals surface area contributed by atoms with Gasteiger partial charge in [0.25, 0.3) is 5.69 Å².